The van der Waals surface area contributed by atoms with Gasteiger partial charge in [0.1, 0.15) is 5.75 Å². The van der Waals surface area contributed by atoms with Crippen LogP contribution in [0.3, 0.4) is 0 Å². The number of ether oxygens (including phenoxy) is 1. The van der Waals surface area contributed by atoms with Crippen LogP contribution in [0.5, 0.6) is 5.75 Å². The smallest absolute Gasteiger partial charge is 0.203 e. The lowest BCUT2D eigenvalue weighted by Gasteiger charge is -2.30. The molecule has 1 radical (unpaired) electrons. The van der Waals surface area contributed by atoms with E-state index >= 15 is 0 Å². The van der Waals surface area contributed by atoms with Crippen molar-refractivity contribution in [1.29, 1.82) is 0 Å². The van der Waals surface area contributed by atoms with E-state index in [1.807, 2.05) is 24.3 Å². The zero-order valence-electron chi connectivity index (χ0n) is 16.9. The molecule has 4 aromatic rings. The normalized spacial score (nSPS) is 21.5. The highest BCUT2D eigenvalue weighted by Gasteiger charge is 2.36. The molecule has 3 atom stereocenters. The molecule has 3 unspecified atom stereocenters. The van der Waals surface area contributed by atoms with Crippen LogP contribution in [0, 0.1) is 0 Å². The maximum absolute atomic E-state index is 6.53. The van der Waals surface area contributed by atoms with Crippen LogP contribution in [-0.4, -0.2) is 18.1 Å². The molecule has 147 valence electrons. The van der Waals surface area contributed by atoms with Crippen molar-refractivity contribution < 1.29 is 4.74 Å². The van der Waals surface area contributed by atoms with Crippen LogP contribution in [-0.2, 0) is 6.54 Å². The highest BCUT2D eigenvalue weighted by molar-refractivity contribution is 6.58. The number of para-hydroxylation sites is 2. The maximum atomic E-state index is 6.53. The number of nitrogens with one attached hydrogen (secondary N) is 1. The standard InChI is InChI=1S/C25H23BN3O/c1-2-29-19-13-7-5-11-17(19)21-15-9-3-4-10-16(15)23(26-24(21)29)28-25-22(27)18-12-6-8-14-20(18)30-25/h3-14,22-23,25,28H,2,27H2,1H3. The van der Waals surface area contributed by atoms with E-state index < -0.39 is 0 Å². The number of hydrogen-bond acceptors (Lipinski definition) is 3. The van der Waals surface area contributed by atoms with Gasteiger partial charge < -0.3 is 15.0 Å². The van der Waals surface area contributed by atoms with E-state index in [9.17, 15) is 0 Å². The first-order valence-electron chi connectivity index (χ1n) is 10.6. The molecular weight excluding hydrogens is 369 g/mol. The predicted octanol–water partition coefficient (Wildman–Crippen LogP) is 3.68. The van der Waals surface area contributed by atoms with Crippen molar-refractivity contribution in [2.45, 2.75) is 31.7 Å². The fourth-order valence-corrected chi connectivity index (χ4v) is 5.05. The average molecular weight is 392 g/mol. The Morgan fingerprint density at radius 1 is 0.967 bits per heavy atom. The highest BCUT2D eigenvalue weighted by Crippen LogP contribution is 2.39. The number of nitrogens with zero attached hydrogens (tertiary/aromatic N) is 1. The Kier molecular flexibility index (Phi) is 4.01. The van der Waals surface area contributed by atoms with Crippen molar-refractivity contribution in [2.75, 3.05) is 0 Å². The van der Waals surface area contributed by atoms with Crippen molar-refractivity contribution in [3.8, 4) is 16.9 Å². The van der Waals surface area contributed by atoms with Gasteiger partial charge in [-0.1, -0.05) is 60.7 Å². The Hall–Kier alpha value is -3.02. The van der Waals surface area contributed by atoms with Crippen LogP contribution in [0.15, 0.2) is 72.8 Å². The lowest BCUT2D eigenvalue weighted by atomic mass is 9.57. The summed E-state index contributed by atoms with van der Waals surface area (Å²) in [6.45, 7) is 3.13. The molecule has 0 fully saturated rings. The highest BCUT2D eigenvalue weighted by atomic mass is 16.5. The van der Waals surface area contributed by atoms with Crippen molar-refractivity contribution in [2.24, 2.45) is 5.73 Å². The summed E-state index contributed by atoms with van der Waals surface area (Å²) in [5.74, 6) is 0.892. The molecular formula is C25H23BN3O. The lowest BCUT2D eigenvalue weighted by Crippen LogP contribution is -2.48. The van der Waals surface area contributed by atoms with Gasteiger partial charge >= 0.3 is 0 Å². The van der Waals surface area contributed by atoms with Crippen LogP contribution >= 0.6 is 0 Å². The molecule has 0 saturated heterocycles. The zero-order chi connectivity index (χ0) is 20.2. The number of aryl methyl sites for hydroxylation is 1. The van der Waals surface area contributed by atoms with Crippen molar-refractivity contribution in [3.63, 3.8) is 0 Å². The van der Waals surface area contributed by atoms with Crippen LogP contribution in [0.1, 0.15) is 30.0 Å². The first kappa shape index (κ1) is 17.8. The molecule has 30 heavy (non-hydrogen) atoms. The van der Waals surface area contributed by atoms with E-state index in [0.717, 1.165) is 17.9 Å². The zero-order valence-corrected chi connectivity index (χ0v) is 16.9. The second kappa shape index (κ2) is 6.76. The molecule has 2 aliphatic rings. The van der Waals surface area contributed by atoms with Crippen molar-refractivity contribution in [3.05, 3.63) is 83.9 Å². The summed E-state index contributed by atoms with van der Waals surface area (Å²) in [7, 11) is 2.33. The Labute approximate surface area is 176 Å². The Bertz CT molecular complexity index is 1260. The summed E-state index contributed by atoms with van der Waals surface area (Å²) in [6, 6.07) is 25.2. The van der Waals surface area contributed by atoms with E-state index in [1.54, 1.807) is 0 Å². The molecule has 0 saturated carbocycles. The maximum Gasteiger partial charge on any atom is 0.203 e. The lowest BCUT2D eigenvalue weighted by molar-refractivity contribution is 0.162. The van der Waals surface area contributed by atoms with Gasteiger partial charge in [0.15, 0.2) is 6.23 Å². The predicted molar refractivity (Wildman–Crippen MR) is 122 cm³/mol. The third kappa shape index (κ3) is 2.49. The third-order valence-electron chi connectivity index (χ3n) is 6.42. The van der Waals surface area contributed by atoms with Gasteiger partial charge in [0.25, 0.3) is 0 Å². The molecule has 5 heteroatoms. The second-order valence-corrected chi connectivity index (χ2v) is 8.02. The van der Waals surface area contributed by atoms with E-state index in [2.05, 4.69) is 72.6 Å². The molecule has 2 aliphatic heterocycles. The van der Waals surface area contributed by atoms with E-state index in [4.69, 9.17) is 10.5 Å². The van der Waals surface area contributed by atoms with Crippen molar-refractivity contribution >= 4 is 23.8 Å². The van der Waals surface area contributed by atoms with Crippen LogP contribution in [0.25, 0.3) is 22.0 Å². The Morgan fingerprint density at radius 3 is 2.53 bits per heavy atom. The van der Waals surface area contributed by atoms with Crippen LogP contribution in [0.4, 0.5) is 0 Å². The van der Waals surface area contributed by atoms with Gasteiger partial charge in [-0.25, -0.2) is 0 Å². The van der Waals surface area contributed by atoms with Gasteiger partial charge in [0.2, 0.25) is 7.28 Å². The Morgan fingerprint density at radius 2 is 1.70 bits per heavy atom. The van der Waals surface area contributed by atoms with Gasteiger partial charge in [0.05, 0.1) is 6.04 Å². The fraction of sp³-hybridized carbons (Fsp3) is 0.200. The Balaban J connectivity index is 1.44. The topological polar surface area (TPSA) is 52.2 Å². The molecule has 3 N–H and O–H groups in total. The molecule has 4 nitrogen and oxygen atoms in total. The monoisotopic (exact) mass is 392 g/mol. The molecule has 0 amide bonds. The molecule has 0 bridgehead atoms. The summed E-state index contributed by atoms with van der Waals surface area (Å²) in [5, 5.41) is 4.99. The first-order valence-corrected chi connectivity index (χ1v) is 10.6. The molecule has 0 spiro atoms. The quantitative estimate of drug-likeness (QED) is 0.523. The minimum Gasteiger partial charge on any atom is -0.473 e. The van der Waals surface area contributed by atoms with Gasteiger partial charge in [-0.05, 0) is 35.8 Å². The molecule has 1 aromatic heterocycles. The third-order valence-corrected chi connectivity index (χ3v) is 6.42. The van der Waals surface area contributed by atoms with E-state index in [0.29, 0.717) is 0 Å². The number of nitrogens with two attached hydrogens (primary N) is 1. The summed E-state index contributed by atoms with van der Waals surface area (Å²) in [4.78, 5) is 0. The number of hydrogen-bond donors (Lipinski definition) is 2. The number of aromatic nitrogens is 1. The minimum atomic E-state index is -0.266. The number of benzene rings is 3. The van der Waals surface area contributed by atoms with E-state index in [-0.39, 0.29) is 18.2 Å². The fourth-order valence-electron chi connectivity index (χ4n) is 5.05. The van der Waals surface area contributed by atoms with Crippen LogP contribution in [0.2, 0.25) is 0 Å². The number of fused-ring (bicyclic) bond motifs is 6. The average Bonchev–Trinajstić information content (AvgIpc) is 3.28. The molecule has 0 aliphatic carbocycles. The SMILES string of the molecule is CCn1c2c(c3ccccc31)-c1ccccc1C(NC1Oc3ccccc3C1N)[B]2. The van der Waals surface area contributed by atoms with Crippen molar-refractivity contribution in [1.82, 2.24) is 9.88 Å². The summed E-state index contributed by atoms with van der Waals surface area (Å²) < 4.78 is 8.58. The largest absolute Gasteiger partial charge is 0.473 e. The van der Waals surface area contributed by atoms with E-state index in [1.165, 1.54) is 33.2 Å². The summed E-state index contributed by atoms with van der Waals surface area (Å²) in [6.07, 6.45) is -0.266. The second-order valence-electron chi connectivity index (χ2n) is 8.02. The summed E-state index contributed by atoms with van der Waals surface area (Å²) >= 11 is 0. The number of rotatable bonds is 3. The first-order chi connectivity index (χ1) is 14.8. The molecule has 6 rings (SSSR count). The van der Waals surface area contributed by atoms with Gasteiger partial charge in [0, 0.05) is 34.5 Å². The minimum absolute atomic E-state index is 0.0219. The van der Waals surface area contributed by atoms with Gasteiger partial charge in [-0.3, -0.25) is 5.32 Å². The van der Waals surface area contributed by atoms with Crippen LogP contribution < -0.4 is 21.4 Å². The molecule has 3 aromatic carbocycles. The molecule has 3 heterocycles. The van der Waals surface area contributed by atoms with Gasteiger partial charge in [-0.15, -0.1) is 0 Å². The van der Waals surface area contributed by atoms with Gasteiger partial charge in [-0.2, -0.15) is 0 Å². The summed E-state index contributed by atoms with van der Waals surface area (Å²) in [5.41, 5.74) is 14.0.